The first-order valence-corrected chi connectivity index (χ1v) is 13.9. The normalized spacial score (nSPS) is 25.2. The van der Waals surface area contributed by atoms with E-state index in [1.807, 2.05) is 0 Å². The highest BCUT2D eigenvalue weighted by molar-refractivity contribution is 7.54. The van der Waals surface area contributed by atoms with Gasteiger partial charge in [0.1, 0.15) is 23.5 Å². The number of aliphatic hydroxyl groups excluding tert-OH is 1. The number of aliphatic hydroxyl groups is 2. The van der Waals surface area contributed by atoms with Crippen molar-refractivity contribution in [3.8, 4) is 18.1 Å². The van der Waals surface area contributed by atoms with Crippen molar-refractivity contribution in [3.05, 3.63) is 42.9 Å². The molecular formula is C25H30N5O8P. The number of esters is 1. The molecule has 0 bridgehead atoms. The molecule has 4 rings (SSSR count). The summed E-state index contributed by atoms with van der Waals surface area (Å²) in [5, 5.41) is 22.2. The van der Waals surface area contributed by atoms with Gasteiger partial charge in [-0.25, -0.2) is 14.5 Å². The van der Waals surface area contributed by atoms with Crippen LogP contribution in [-0.2, 0) is 23.4 Å². The van der Waals surface area contributed by atoms with Gasteiger partial charge in [-0.1, -0.05) is 31.0 Å². The third kappa shape index (κ3) is 6.06. The summed E-state index contributed by atoms with van der Waals surface area (Å²) in [4.78, 5) is 24.6. The summed E-state index contributed by atoms with van der Waals surface area (Å²) in [7, 11) is -4.03. The smallest absolute Gasteiger partial charge is 0.380 e. The largest absolute Gasteiger partial charge is 0.463 e. The molecule has 1 aliphatic rings. The molecular weight excluding hydrogens is 529 g/mol. The number of carbonyl (C=O) groups excluding carboxylic acids is 1. The van der Waals surface area contributed by atoms with E-state index in [9.17, 15) is 19.6 Å². The van der Waals surface area contributed by atoms with Crippen LogP contribution in [-0.4, -0.2) is 72.4 Å². The zero-order valence-electron chi connectivity index (χ0n) is 21.6. The van der Waals surface area contributed by atoms with Crippen molar-refractivity contribution in [3.63, 3.8) is 0 Å². The third-order valence-corrected chi connectivity index (χ3v) is 8.00. The Morgan fingerprint density at radius 1 is 1.31 bits per heavy atom. The Hall–Kier alpha value is -3.53. The first-order valence-electron chi connectivity index (χ1n) is 12.1. The molecule has 6 atom stereocenters. The molecule has 13 nitrogen and oxygen atoms in total. The number of hydrogen-bond acceptors (Lipinski definition) is 12. The highest BCUT2D eigenvalue weighted by Crippen LogP contribution is 2.51. The molecule has 0 spiro atoms. The summed E-state index contributed by atoms with van der Waals surface area (Å²) in [6.07, 6.45) is 3.36. The quantitative estimate of drug-likeness (QED) is 0.187. The molecule has 4 N–H and O–H groups in total. The number of nitrogen functional groups attached to an aromatic ring is 1. The maximum Gasteiger partial charge on any atom is 0.380 e. The molecule has 0 saturated carbocycles. The van der Waals surface area contributed by atoms with Crippen LogP contribution in [0.4, 0.5) is 5.95 Å². The number of nitrogens with zero attached hydrogens (tertiary/aromatic N) is 4. The molecule has 2 aromatic heterocycles. The summed E-state index contributed by atoms with van der Waals surface area (Å²) >= 11 is 0. The Kier molecular flexibility index (Phi) is 8.25. The van der Waals surface area contributed by atoms with Crippen LogP contribution in [0, 0.1) is 18.3 Å². The fraction of sp³-hybridized carbons (Fsp3) is 0.440. The number of fused-ring (bicyclic) bond motifs is 1. The van der Waals surface area contributed by atoms with Gasteiger partial charge in [0.25, 0.3) is 0 Å². The molecule has 1 fully saturated rings. The number of rotatable bonds is 10. The van der Waals surface area contributed by atoms with Crippen LogP contribution in [0.1, 0.15) is 27.0 Å². The summed E-state index contributed by atoms with van der Waals surface area (Å²) in [6, 6.07) is 8.29. The SMILES string of the molecule is C#CC1(O)[C@@H](O)[C@@H](CO[P@@](=O)(C[C@@H](C)C(=O)OC(C)C)Oc2ccccc2)O[C@H]1n1cnc2cnc(N)nc21. The Labute approximate surface area is 224 Å². The Morgan fingerprint density at radius 2 is 2.03 bits per heavy atom. The van der Waals surface area contributed by atoms with Crippen molar-refractivity contribution < 1.29 is 38.1 Å². The second-order valence-corrected chi connectivity index (χ2v) is 11.4. The monoisotopic (exact) mass is 559 g/mol. The number of benzene rings is 1. The third-order valence-electron chi connectivity index (χ3n) is 5.98. The summed E-state index contributed by atoms with van der Waals surface area (Å²) < 4.78 is 37.7. The Bertz CT molecular complexity index is 1410. The van der Waals surface area contributed by atoms with Crippen LogP contribution >= 0.6 is 7.60 Å². The van der Waals surface area contributed by atoms with Gasteiger partial charge >= 0.3 is 13.6 Å². The summed E-state index contributed by atoms with van der Waals surface area (Å²) in [6.45, 7) is 4.45. The van der Waals surface area contributed by atoms with Gasteiger partial charge in [-0.2, -0.15) is 4.98 Å². The molecule has 0 amide bonds. The van der Waals surface area contributed by atoms with Gasteiger partial charge in [-0.15, -0.1) is 6.42 Å². The standard InChI is InChI=1S/C25H30N5O8P/c1-5-25(33)20(31)19(37-23(25)30-14-28-18-11-27-24(26)29-21(18)30)12-35-39(34,38-17-9-7-6-8-10-17)13-16(4)22(32)36-15(2)3/h1,6-11,14-16,19-20,23,31,33H,12-13H2,2-4H3,(H2,26,27,29)/t16-,19-,20+,23-,25?,39+/m1/s1. The maximum absolute atomic E-state index is 13.9. The number of anilines is 1. The molecule has 1 aromatic carbocycles. The van der Waals surface area contributed by atoms with E-state index in [4.69, 9.17) is 30.7 Å². The van der Waals surface area contributed by atoms with Crippen LogP contribution in [0.5, 0.6) is 5.75 Å². The molecule has 0 radical (unpaired) electrons. The van der Waals surface area contributed by atoms with Crippen molar-refractivity contribution in [2.24, 2.45) is 5.92 Å². The highest BCUT2D eigenvalue weighted by atomic mass is 31.2. The minimum Gasteiger partial charge on any atom is -0.463 e. The highest BCUT2D eigenvalue weighted by Gasteiger charge is 2.56. The van der Waals surface area contributed by atoms with E-state index in [0.29, 0.717) is 5.52 Å². The van der Waals surface area contributed by atoms with E-state index in [1.165, 1.54) is 17.1 Å². The van der Waals surface area contributed by atoms with Crippen molar-refractivity contribution in [1.29, 1.82) is 0 Å². The minimum absolute atomic E-state index is 0.0453. The predicted molar refractivity (Wildman–Crippen MR) is 139 cm³/mol. The second-order valence-electron chi connectivity index (χ2n) is 9.41. The fourth-order valence-corrected chi connectivity index (χ4v) is 5.92. The molecule has 1 saturated heterocycles. The number of imidazole rings is 1. The van der Waals surface area contributed by atoms with Crippen molar-refractivity contribution >= 4 is 30.7 Å². The number of carbonyl (C=O) groups is 1. The first kappa shape index (κ1) is 28.5. The lowest BCUT2D eigenvalue weighted by atomic mass is 9.95. The molecule has 0 aliphatic carbocycles. The van der Waals surface area contributed by atoms with E-state index in [0.717, 1.165) is 0 Å². The van der Waals surface area contributed by atoms with Gasteiger partial charge < -0.3 is 29.9 Å². The molecule has 3 heterocycles. The zero-order chi connectivity index (χ0) is 28.4. The molecule has 3 aromatic rings. The lowest BCUT2D eigenvalue weighted by Gasteiger charge is -2.26. The van der Waals surface area contributed by atoms with Gasteiger partial charge in [-0.3, -0.25) is 13.9 Å². The van der Waals surface area contributed by atoms with Gasteiger partial charge in [-0.05, 0) is 26.0 Å². The van der Waals surface area contributed by atoms with E-state index in [-0.39, 0.29) is 29.6 Å². The topological polar surface area (TPSA) is 181 Å². The van der Waals surface area contributed by atoms with Crippen LogP contribution < -0.4 is 10.3 Å². The molecule has 14 heteroatoms. The minimum atomic E-state index is -4.03. The van der Waals surface area contributed by atoms with Gasteiger partial charge in [0.05, 0.1) is 37.3 Å². The molecule has 208 valence electrons. The molecule has 1 aliphatic heterocycles. The van der Waals surface area contributed by atoms with Crippen LogP contribution in [0.2, 0.25) is 0 Å². The average Bonchev–Trinajstić information content (AvgIpc) is 3.41. The van der Waals surface area contributed by atoms with Gasteiger partial charge in [0.15, 0.2) is 17.5 Å². The number of para-hydroxylation sites is 1. The van der Waals surface area contributed by atoms with Crippen molar-refractivity contribution in [1.82, 2.24) is 19.5 Å². The Balaban J connectivity index is 1.57. The van der Waals surface area contributed by atoms with Crippen molar-refractivity contribution in [2.75, 3.05) is 18.5 Å². The van der Waals surface area contributed by atoms with E-state index >= 15 is 0 Å². The summed E-state index contributed by atoms with van der Waals surface area (Å²) in [5.41, 5.74) is 4.03. The maximum atomic E-state index is 13.9. The molecule has 39 heavy (non-hydrogen) atoms. The number of terminal acetylenes is 1. The first-order chi connectivity index (χ1) is 18.5. The predicted octanol–water partition coefficient (Wildman–Crippen LogP) is 1.91. The number of nitrogens with two attached hydrogens (primary N) is 1. The van der Waals surface area contributed by atoms with Gasteiger partial charge in [0, 0.05) is 0 Å². The van der Waals surface area contributed by atoms with Crippen LogP contribution in [0.25, 0.3) is 11.2 Å². The average molecular weight is 560 g/mol. The Morgan fingerprint density at radius 3 is 2.69 bits per heavy atom. The van der Waals surface area contributed by atoms with Crippen LogP contribution in [0.15, 0.2) is 42.9 Å². The zero-order valence-corrected chi connectivity index (χ0v) is 22.5. The summed E-state index contributed by atoms with van der Waals surface area (Å²) in [5.74, 6) is 0.973. The lowest BCUT2D eigenvalue weighted by molar-refractivity contribution is -0.151. The van der Waals surface area contributed by atoms with E-state index in [2.05, 4.69) is 20.9 Å². The fourth-order valence-electron chi connectivity index (χ4n) is 4.05. The van der Waals surface area contributed by atoms with E-state index in [1.54, 1.807) is 51.1 Å². The number of aromatic nitrogens is 4. The van der Waals surface area contributed by atoms with Gasteiger partial charge in [0.2, 0.25) is 5.95 Å². The number of hydrogen-bond donors (Lipinski definition) is 3. The lowest BCUT2D eigenvalue weighted by Crippen LogP contribution is -2.46. The molecule has 1 unspecified atom stereocenters. The van der Waals surface area contributed by atoms with E-state index < -0.39 is 50.1 Å². The van der Waals surface area contributed by atoms with Crippen molar-refractivity contribution in [2.45, 2.75) is 50.9 Å². The second kappa shape index (κ2) is 11.3. The van der Waals surface area contributed by atoms with Crippen LogP contribution in [0.3, 0.4) is 0 Å². The number of ether oxygens (including phenoxy) is 2.